The van der Waals surface area contributed by atoms with E-state index in [-0.39, 0.29) is 5.91 Å². The number of likely N-dealkylation sites (tertiary alicyclic amines) is 1. The number of aryl methyl sites for hydroxylation is 2. The Morgan fingerprint density at radius 3 is 2.65 bits per heavy atom. The van der Waals surface area contributed by atoms with Crippen LogP contribution in [-0.4, -0.2) is 44.8 Å². The SMILES string of the molecule is CCCn1nc(C)c(C(=O)N2CCC(C(=O)O)C2)c1C. The smallest absolute Gasteiger partial charge is 0.308 e. The maximum Gasteiger partial charge on any atom is 0.308 e. The molecule has 1 amide bonds. The Kier molecular flexibility index (Phi) is 4.11. The van der Waals surface area contributed by atoms with E-state index in [4.69, 9.17) is 5.11 Å². The first-order valence-electron chi connectivity index (χ1n) is 7.01. The number of carbonyl (C=O) groups is 2. The molecule has 0 aliphatic carbocycles. The van der Waals surface area contributed by atoms with E-state index in [2.05, 4.69) is 12.0 Å². The zero-order chi connectivity index (χ0) is 14.9. The summed E-state index contributed by atoms with van der Waals surface area (Å²) in [5, 5.41) is 13.4. The van der Waals surface area contributed by atoms with Crippen LogP contribution in [0.2, 0.25) is 0 Å². The number of hydrogen-bond donors (Lipinski definition) is 1. The van der Waals surface area contributed by atoms with E-state index in [1.807, 2.05) is 18.5 Å². The van der Waals surface area contributed by atoms with Gasteiger partial charge in [-0.05, 0) is 26.7 Å². The van der Waals surface area contributed by atoms with Gasteiger partial charge in [-0.2, -0.15) is 5.10 Å². The molecule has 0 saturated carbocycles. The summed E-state index contributed by atoms with van der Waals surface area (Å²) in [5.41, 5.74) is 2.22. The predicted molar refractivity (Wildman–Crippen MR) is 73.6 cm³/mol. The van der Waals surface area contributed by atoms with E-state index in [9.17, 15) is 9.59 Å². The fourth-order valence-electron chi connectivity index (χ4n) is 2.74. The highest BCUT2D eigenvalue weighted by atomic mass is 16.4. The Labute approximate surface area is 118 Å². The standard InChI is InChI=1S/C14H21N3O3/c1-4-6-17-10(3)12(9(2)15-17)13(18)16-7-5-11(8-16)14(19)20/h11H,4-8H2,1-3H3,(H,19,20). The van der Waals surface area contributed by atoms with Crippen LogP contribution in [0.5, 0.6) is 0 Å². The lowest BCUT2D eigenvalue weighted by atomic mass is 10.1. The second-order valence-corrected chi connectivity index (χ2v) is 5.34. The highest BCUT2D eigenvalue weighted by Crippen LogP contribution is 2.22. The number of nitrogens with zero attached hydrogens (tertiary/aromatic N) is 3. The van der Waals surface area contributed by atoms with E-state index in [0.717, 1.165) is 24.4 Å². The number of carboxylic acid groups (broad SMARTS) is 1. The molecule has 6 nitrogen and oxygen atoms in total. The van der Waals surface area contributed by atoms with Crippen LogP contribution in [-0.2, 0) is 11.3 Å². The van der Waals surface area contributed by atoms with Crippen molar-refractivity contribution in [1.29, 1.82) is 0 Å². The second-order valence-electron chi connectivity index (χ2n) is 5.34. The van der Waals surface area contributed by atoms with E-state index in [0.29, 0.717) is 25.1 Å². The van der Waals surface area contributed by atoms with Crippen molar-refractivity contribution in [2.75, 3.05) is 13.1 Å². The van der Waals surface area contributed by atoms with Gasteiger partial charge in [0.1, 0.15) is 0 Å². The predicted octanol–water partition coefficient (Wildman–Crippen LogP) is 1.46. The monoisotopic (exact) mass is 279 g/mol. The molecule has 6 heteroatoms. The molecule has 1 fully saturated rings. The molecule has 2 heterocycles. The summed E-state index contributed by atoms with van der Waals surface area (Å²) in [5.74, 6) is -1.35. The lowest BCUT2D eigenvalue weighted by Crippen LogP contribution is -2.30. The van der Waals surface area contributed by atoms with Gasteiger partial charge >= 0.3 is 5.97 Å². The highest BCUT2D eigenvalue weighted by Gasteiger charge is 2.33. The Morgan fingerprint density at radius 2 is 2.10 bits per heavy atom. The summed E-state index contributed by atoms with van der Waals surface area (Å²) in [6, 6.07) is 0. The fourth-order valence-corrected chi connectivity index (χ4v) is 2.74. The number of rotatable bonds is 4. The summed E-state index contributed by atoms with van der Waals surface area (Å²) < 4.78 is 1.85. The maximum absolute atomic E-state index is 12.6. The topological polar surface area (TPSA) is 75.4 Å². The van der Waals surface area contributed by atoms with Crippen molar-refractivity contribution >= 4 is 11.9 Å². The molecule has 0 spiro atoms. The molecular weight excluding hydrogens is 258 g/mol. The van der Waals surface area contributed by atoms with Gasteiger partial charge in [0.25, 0.3) is 5.91 Å². The Bertz CT molecular complexity index is 536. The molecule has 1 aliphatic rings. The first-order valence-corrected chi connectivity index (χ1v) is 7.01. The summed E-state index contributed by atoms with van der Waals surface area (Å²) in [4.78, 5) is 25.2. The number of aromatic nitrogens is 2. The number of hydrogen-bond acceptors (Lipinski definition) is 3. The lowest BCUT2D eigenvalue weighted by Gasteiger charge is -2.16. The van der Waals surface area contributed by atoms with E-state index in [1.54, 1.807) is 4.90 Å². The Morgan fingerprint density at radius 1 is 1.40 bits per heavy atom. The van der Waals surface area contributed by atoms with Crippen LogP contribution in [0.25, 0.3) is 0 Å². The zero-order valence-electron chi connectivity index (χ0n) is 12.2. The number of carboxylic acids is 1. The third kappa shape index (κ3) is 2.55. The molecule has 20 heavy (non-hydrogen) atoms. The zero-order valence-corrected chi connectivity index (χ0v) is 12.2. The molecule has 1 aliphatic heterocycles. The molecule has 1 atom stereocenters. The van der Waals surface area contributed by atoms with Crippen LogP contribution in [0.1, 0.15) is 41.5 Å². The molecular formula is C14H21N3O3. The van der Waals surface area contributed by atoms with Gasteiger partial charge in [0.05, 0.1) is 17.2 Å². The molecule has 0 bridgehead atoms. The van der Waals surface area contributed by atoms with Gasteiger partial charge in [-0.1, -0.05) is 6.92 Å². The van der Waals surface area contributed by atoms with Crippen molar-refractivity contribution < 1.29 is 14.7 Å². The van der Waals surface area contributed by atoms with Crippen molar-refractivity contribution in [3.8, 4) is 0 Å². The van der Waals surface area contributed by atoms with Crippen LogP contribution in [0.3, 0.4) is 0 Å². The van der Waals surface area contributed by atoms with Gasteiger partial charge < -0.3 is 10.0 Å². The van der Waals surface area contributed by atoms with Crippen molar-refractivity contribution in [3.63, 3.8) is 0 Å². The first kappa shape index (κ1) is 14.6. The molecule has 0 radical (unpaired) electrons. The van der Waals surface area contributed by atoms with Crippen molar-refractivity contribution in [2.45, 2.75) is 40.2 Å². The van der Waals surface area contributed by atoms with E-state index >= 15 is 0 Å². The summed E-state index contributed by atoms with van der Waals surface area (Å²) >= 11 is 0. The maximum atomic E-state index is 12.6. The molecule has 1 unspecified atom stereocenters. The minimum Gasteiger partial charge on any atom is -0.481 e. The van der Waals surface area contributed by atoms with Crippen LogP contribution in [0.15, 0.2) is 0 Å². The summed E-state index contributed by atoms with van der Waals surface area (Å²) in [7, 11) is 0. The first-order chi connectivity index (χ1) is 9.45. The van der Waals surface area contributed by atoms with Gasteiger partial charge in [0.15, 0.2) is 0 Å². The average molecular weight is 279 g/mol. The quantitative estimate of drug-likeness (QED) is 0.905. The van der Waals surface area contributed by atoms with Gasteiger partial charge in [-0.25, -0.2) is 0 Å². The third-order valence-electron chi connectivity index (χ3n) is 3.86. The number of amides is 1. The number of carbonyl (C=O) groups excluding carboxylic acids is 1. The van der Waals surface area contributed by atoms with Crippen LogP contribution >= 0.6 is 0 Å². The molecule has 2 rings (SSSR count). The molecule has 0 aromatic carbocycles. The minimum absolute atomic E-state index is 0.0916. The van der Waals surface area contributed by atoms with Crippen molar-refractivity contribution in [1.82, 2.24) is 14.7 Å². The molecule has 1 aromatic rings. The van der Waals surface area contributed by atoms with Gasteiger partial charge in [-0.3, -0.25) is 14.3 Å². The molecule has 110 valence electrons. The fraction of sp³-hybridized carbons (Fsp3) is 0.643. The van der Waals surface area contributed by atoms with E-state index in [1.165, 1.54) is 0 Å². The van der Waals surface area contributed by atoms with Gasteiger partial charge in [0, 0.05) is 25.3 Å². The van der Waals surface area contributed by atoms with E-state index < -0.39 is 11.9 Å². The van der Waals surface area contributed by atoms with Gasteiger partial charge in [-0.15, -0.1) is 0 Å². The summed E-state index contributed by atoms with van der Waals surface area (Å²) in [6.45, 7) is 7.39. The van der Waals surface area contributed by atoms with Crippen molar-refractivity contribution in [2.24, 2.45) is 5.92 Å². The Hall–Kier alpha value is -1.85. The lowest BCUT2D eigenvalue weighted by molar-refractivity contribution is -0.141. The number of aliphatic carboxylic acids is 1. The average Bonchev–Trinajstić information content (AvgIpc) is 2.96. The van der Waals surface area contributed by atoms with Crippen LogP contribution in [0.4, 0.5) is 0 Å². The molecule has 1 N–H and O–H groups in total. The van der Waals surface area contributed by atoms with Crippen molar-refractivity contribution in [3.05, 3.63) is 17.0 Å². The second kappa shape index (κ2) is 5.64. The highest BCUT2D eigenvalue weighted by molar-refractivity contribution is 5.97. The van der Waals surface area contributed by atoms with Crippen LogP contribution < -0.4 is 0 Å². The largest absolute Gasteiger partial charge is 0.481 e. The minimum atomic E-state index is -0.824. The van der Waals surface area contributed by atoms with Gasteiger partial charge in [0.2, 0.25) is 0 Å². The third-order valence-corrected chi connectivity index (χ3v) is 3.86. The molecule has 1 saturated heterocycles. The Balaban J connectivity index is 2.20. The summed E-state index contributed by atoms with van der Waals surface area (Å²) in [6.07, 6.45) is 1.49. The van der Waals surface area contributed by atoms with Crippen LogP contribution in [0, 0.1) is 19.8 Å². The normalized spacial score (nSPS) is 18.6. The molecule has 1 aromatic heterocycles.